The second-order valence-electron chi connectivity index (χ2n) is 8.97. The van der Waals surface area contributed by atoms with Crippen molar-refractivity contribution in [3.63, 3.8) is 0 Å². The Bertz CT molecular complexity index is 643. The molecule has 6 nitrogen and oxygen atoms in total. The number of hydrogen-bond acceptors (Lipinski definition) is 4. The fourth-order valence-corrected chi connectivity index (χ4v) is 4.34. The summed E-state index contributed by atoms with van der Waals surface area (Å²) in [5.74, 6) is 1.52. The molecule has 0 radical (unpaired) electrons. The van der Waals surface area contributed by atoms with Gasteiger partial charge in [0.25, 0.3) is 0 Å². The quantitative estimate of drug-likeness (QED) is 0.338. The van der Waals surface area contributed by atoms with Crippen molar-refractivity contribution in [2.45, 2.75) is 64.6 Å². The normalized spacial score (nSPS) is 21.2. The van der Waals surface area contributed by atoms with E-state index in [0.29, 0.717) is 12.0 Å². The first-order valence-corrected chi connectivity index (χ1v) is 12.2. The predicted molar refractivity (Wildman–Crippen MR) is 127 cm³/mol. The highest BCUT2D eigenvalue weighted by Crippen LogP contribution is 2.19. The van der Waals surface area contributed by atoms with Gasteiger partial charge in [0.15, 0.2) is 5.96 Å². The van der Waals surface area contributed by atoms with E-state index in [2.05, 4.69) is 51.7 Å². The van der Waals surface area contributed by atoms with E-state index in [9.17, 15) is 0 Å². The van der Waals surface area contributed by atoms with Crippen molar-refractivity contribution >= 4 is 5.96 Å². The first kappa shape index (κ1) is 24.0. The van der Waals surface area contributed by atoms with E-state index in [0.717, 1.165) is 71.3 Å². The van der Waals surface area contributed by atoms with Crippen LogP contribution in [-0.4, -0.2) is 63.5 Å². The second-order valence-corrected chi connectivity index (χ2v) is 8.97. The Morgan fingerprint density at radius 3 is 2.61 bits per heavy atom. The molecule has 0 saturated carbocycles. The summed E-state index contributed by atoms with van der Waals surface area (Å²) in [5, 5.41) is 6.79. The van der Waals surface area contributed by atoms with Gasteiger partial charge in [-0.05, 0) is 62.6 Å². The maximum Gasteiger partial charge on any atom is 0.191 e. The molecule has 3 rings (SSSR count). The van der Waals surface area contributed by atoms with Crippen molar-refractivity contribution in [2.24, 2.45) is 10.9 Å². The van der Waals surface area contributed by atoms with Crippen LogP contribution in [0.3, 0.4) is 0 Å². The van der Waals surface area contributed by atoms with Crippen LogP contribution in [0, 0.1) is 5.92 Å². The van der Waals surface area contributed by atoms with Gasteiger partial charge in [0.1, 0.15) is 0 Å². The fourth-order valence-electron chi connectivity index (χ4n) is 4.34. The number of likely N-dealkylation sites (tertiary alicyclic amines) is 1. The highest BCUT2D eigenvalue weighted by Gasteiger charge is 2.18. The molecule has 0 bridgehead atoms. The Hall–Kier alpha value is -1.63. The lowest BCUT2D eigenvalue weighted by molar-refractivity contribution is 0.0203. The maximum absolute atomic E-state index is 5.83. The summed E-state index contributed by atoms with van der Waals surface area (Å²) in [4.78, 5) is 6.94. The van der Waals surface area contributed by atoms with E-state index in [4.69, 9.17) is 9.47 Å². The molecule has 0 amide bonds. The number of piperidine rings is 1. The summed E-state index contributed by atoms with van der Waals surface area (Å²) >= 11 is 0. The molecule has 31 heavy (non-hydrogen) atoms. The molecule has 1 aromatic carbocycles. The number of nitrogens with one attached hydrogen (secondary N) is 2. The lowest BCUT2D eigenvalue weighted by Gasteiger charge is -2.33. The lowest BCUT2D eigenvalue weighted by atomic mass is 10.0. The third kappa shape index (κ3) is 8.79. The summed E-state index contributed by atoms with van der Waals surface area (Å²) in [5.41, 5.74) is 2.68. The summed E-state index contributed by atoms with van der Waals surface area (Å²) < 4.78 is 11.2. The minimum Gasteiger partial charge on any atom is -0.381 e. The van der Waals surface area contributed by atoms with Crippen molar-refractivity contribution in [2.75, 3.05) is 46.6 Å². The highest BCUT2D eigenvalue weighted by atomic mass is 16.5. The molecule has 1 aromatic rings. The number of ether oxygens (including phenoxy) is 2. The van der Waals surface area contributed by atoms with Gasteiger partial charge in [0.05, 0.1) is 0 Å². The van der Waals surface area contributed by atoms with E-state index in [1.54, 1.807) is 0 Å². The Morgan fingerprint density at radius 1 is 1.10 bits per heavy atom. The van der Waals surface area contributed by atoms with Crippen LogP contribution in [0.1, 0.15) is 56.6 Å². The topological polar surface area (TPSA) is 58.1 Å². The fraction of sp³-hybridized carbons (Fsp3) is 0.720. The summed E-state index contributed by atoms with van der Waals surface area (Å²) in [6, 6.07) is 9.70. The number of aliphatic imine (C=N–C) groups is 1. The predicted octanol–water partition coefficient (Wildman–Crippen LogP) is 3.56. The van der Waals surface area contributed by atoms with Gasteiger partial charge < -0.3 is 20.1 Å². The number of hydrogen-bond donors (Lipinski definition) is 2. The molecule has 6 heteroatoms. The molecule has 2 N–H and O–H groups in total. The summed E-state index contributed by atoms with van der Waals surface area (Å²) in [6.07, 6.45) is 7.28. The zero-order valence-electron chi connectivity index (χ0n) is 19.6. The van der Waals surface area contributed by atoms with Gasteiger partial charge in [-0.3, -0.25) is 9.89 Å². The van der Waals surface area contributed by atoms with Crippen molar-refractivity contribution in [1.82, 2.24) is 15.5 Å². The second kappa shape index (κ2) is 13.7. The third-order valence-electron chi connectivity index (χ3n) is 6.49. The Morgan fingerprint density at radius 2 is 1.87 bits per heavy atom. The van der Waals surface area contributed by atoms with Gasteiger partial charge >= 0.3 is 0 Å². The number of benzene rings is 1. The Labute approximate surface area is 188 Å². The smallest absolute Gasteiger partial charge is 0.191 e. The minimum absolute atomic E-state index is 0.672. The van der Waals surface area contributed by atoms with Gasteiger partial charge in [-0.25, -0.2) is 0 Å². The number of rotatable bonds is 10. The zero-order chi connectivity index (χ0) is 21.7. The molecule has 2 heterocycles. The van der Waals surface area contributed by atoms with Crippen LogP contribution in [-0.2, 0) is 22.6 Å². The van der Waals surface area contributed by atoms with Crippen molar-refractivity contribution < 1.29 is 9.47 Å². The monoisotopic (exact) mass is 430 g/mol. The molecule has 1 atom stereocenters. The molecule has 2 saturated heterocycles. The van der Waals surface area contributed by atoms with Crippen LogP contribution in [0.5, 0.6) is 0 Å². The van der Waals surface area contributed by atoms with Crippen LogP contribution in [0.2, 0.25) is 0 Å². The van der Waals surface area contributed by atoms with Crippen LogP contribution >= 0.6 is 0 Å². The minimum atomic E-state index is 0.672. The van der Waals surface area contributed by atoms with E-state index in [-0.39, 0.29) is 0 Å². The highest BCUT2D eigenvalue weighted by molar-refractivity contribution is 5.79. The Kier molecular flexibility index (Phi) is 10.6. The first-order valence-electron chi connectivity index (χ1n) is 12.2. The Balaban J connectivity index is 1.28. The molecule has 0 aromatic heterocycles. The molecule has 0 spiro atoms. The molecule has 2 aliphatic heterocycles. The summed E-state index contributed by atoms with van der Waals surface area (Å²) in [7, 11) is 1.82. The van der Waals surface area contributed by atoms with Gasteiger partial charge in [0.2, 0.25) is 0 Å². The number of guanidine groups is 1. The molecule has 2 aliphatic rings. The first-order chi connectivity index (χ1) is 15.2. The van der Waals surface area contributed by atoms with Gasteiger partial charge in [0, 0.05) is 59.2 Å². The van der Waals surface area contributed by atoms with Gasteiger partial charge in [-0.2, -0.15) is 0 Å². The van der Waals surface area contributed by atoms with Crippen LogP contribution in [0.15, 0.2) is 29.3 Å². The van der Waals surface area contributed by atoms with E-state index in [1.807, 2.05) is 7.05 Å². The molecular weight excluding hydrogens is 388 g/mol. The van der Waals surface area contributed by atoms with E-state index >= 15 is 0 Å². The van der Waals surface area contributed by atoms with Gasteiger partial charge in [-0.1, -0.05) is 30.7 Å². The van der Waals surface area contributed by atoms with Gasteiger partial charge in [-0.15, -0.1) is 0 Å². The molecular formula is C25H42N4O2. The van der Waals surface area contributed by atoms with Crippen LogP contribution < -0.4 is 10.6 Å². The van der Waals surface area contributed by atoms with Crippen molar-refractivity contribution in [3.8, 4) is 0 Å². The largest absolute Gasteiger partial charge is 0.381 e. The number of nitrogens with zero attached hydrogens (tertiary/aromatic N) is 2. The van der Waals surface area contributed by atoms with E-state index in [1.165, 1.54) is 36.9 Å². The lowest BCUT2D eigenvalue weighted by Crippen LogP contribution is -2.37. The standard InChI is InChI=1S/C25H42N4O2/c1-21-6-3-4-14-29(21)19-23-9-7-22(8-10-23)18-28-25(26-2)27-13-5-15-31-20-24-11-16-30-17-12-24/h7-10,21,24H,3-6,11-20H2,1-2H3,(H2,26,27,28). The molecule has 174 valence electrons. The molecule has 2 fully saturated rings. The molecule has 0 aliphatic carbocycles. The van der Waals surface area contributed by atoms with E-state index < -0.39 is 0 Å². The third-order valence-corrected chi connectivity index (χ3v) is 6.49. The maximum atomic E-state index is 5.83. The van der Waals surface area contributed by atoms with Crippen molar-refractivity contribution in [3.05, 3.63) is 35.4 Å². The average molecular weight is 431 g/mol. The molecule has 1 unspecified atom stereocenters. The van der Waals surface area contributed by atoms with Crippen molar-refractivity contribution in [1.29, 1.82) is 0 Å². The summed E-state index contributed by atoms with van der Waals surface area (Å²) in [6.45, 7) is 9.72. The SMILES string of the molecule is CN=C(NCCCOCC1CCOCC1)NCc1ccc(CN2CCCCC2C)cc1. The van der Waals surface area contributed by atoms with Crippen LogP contribution in [0.4, 0.5) is 0 Å². The van der Waals surface area contributed by atoms with Crippen LogP contribution in [0.25, 0.3) is 0 Å². The zero-order valence-corrected chi connectivity index (χ0v) is 19.6. The average Bonchev–Trinajstić information content (AvgIpc) is 2.81.